The summed E-state index contributed by atoms with van der Waals surface area (Å²) >= 11 is 0. The molecule has 0 bridgehead atoms. The Morgan fingerprint density at radius 2 is 2.05 bits per heavy atom. The molecule has 0 saturated heterocycles. The zero-order chi connectivity index (χ0) is 15.4. The average molecular weight is 287 g/mol. The SMILES string of the molecule is COC(=O)c1cc(Nc2ccc(OC)cc2C)ncc1N. The zero-order valence-corrected chi connectivity index (χ0v) is 12.1. The number of carbonyl (C=O) groups excluding carboxylic acids is 1. The summed E-state index contributed by atoms with van der Waals surface area (Å²) in [4.78, 5) is 15.8. The number of nitrogens with zero attached hydrogens (tertiary/aromatic N) is 1. The van der Waals surface area contributed by atoms with Crippen LogP contribution in [-0.4, -0.2) is 25.2 Å². The van der Waals surface area contributed by atoms with Gasteiger partial charge in [-0.05, 0) is 36.8 Å². The summed E-state index contributed by atoms with van der Waals surface area (Å²) in [7, 11) is 2.93. The van der Waals surface area contributed by atoms with E-state index in [4.69, 9.17) is 10.5 Å². The zero-order valence-electron chi connectivity index (χ0n) is 12.1. The monoisotopic (exact) mass is 287 g/mol. The van der Waals surface area contributed by atoms with Gasteiger partial charge in [-0.15, -0.1) is 0 Å². The molecule has 6 heteroatoms. The van der Waals surface area contributed by atoms with E-state index in [0.29, 0.717) is 5.82 Å². The minimum absolute atomic E-state index is 0.277. The molecule has 0 unspecified atom stereocenters. The first-order chi connectivity index (χ1) is 10.0. The minimum atomic E-state index is -0.496. The summed E-state index contributed by atoms with van der Waals surface area (Å²) in [5.74, 6) is 0.792. The smallest absolute Gasteiger partial charge is 0.340 e. The molecule has 0 aliphatic carbocycles. The standard InChI is InChI=1S/C15H17N3O3/c1-9-6-10(20-2)4-5-13(9)18-14-7-11(15(19)21-3)12(16)8-17-14/h4-8H,16H2,1-3H3,(H,17,18). The number of nitrogens with two attached hydrogens (primary N) is 1. The number of rotatable bonds is 4. The number of esters is 1. The Hall–Kier alpha value is -2.76. The van der Waals surface area contributed by atoms with Crippen molar-refractivity contribution in [2.45, 2.75) is 6.92 Å². The van der Waals surface area contributed by atoms with Gasteiger partial charge in [0, 0.05) is 5.69 Å². The summed E-state index contributed by atoms with van der Waals surface area (Å²) < 4.78 is 9.85. The fourth-order valence-corrected chi connectivity index (χ4v) is 1.86. The third-order valence-corrected chi connectivity index (χ3v) is 3.04. The van der Waals surface area contributed by atoms with Crippen LogP contribution in [0.15, 0.2) is 30.5 Å². The summed E-state index contributed by atoms with van der Waals surface area (Å²) in [5.41, 5.74) is 8.13. The van der Waals surface area contributed by atoms with Crippen molar-refractivity contribution in [1.82, 2.24) is 4.98 Å². The Morgan fingerprint density at radius 3 is 2.67 bits per heavy atom. The van der Waals surface area contributed by atoms with Gasteiger partial charge in [0.1, 0.15) is 11.6 Å². The number of benzene rings is 1. The lowest BCUT2D eigenvalue weighted by Crippen LogP contribution is -2.07. The topological polar surface area (TPSA) is 86.5 Å². The number of methoxy groups -OCH3 is 2. The highest BCUT2D eigenvalue weighted by Gasteiger charge is 2.12. The quantitative estimate of drug-likeness (QED) is 0.840. The van der Waals surface area contributed by atoms with E-state index >= 15 is 0 Å². The molecular weight excluding hydrogens is 270 g/mol. The second-order valence-electron chi connectivity index (χ2n) is 4.45. The van der Waals surface area contributed by atoms with Crippen molar-refractivity contribution in [2.24, 2.45) is 0 Å². The van der Waals surface area contributed by atoms with Gasteiger partial charge in [-0.3, -0.25) is 0 Å². The van der Waals surface area contributed by atoms with Gasteiger partial charge in [-0.2, -0.15) is 0 Å². The molecule has 2 rings (SSSR count). The number of hydrogen-bond donors (Lipinski definition) is 2. The molecule has 0 aliphatic rings. The molecule has 2 aromatic rings. The first-order valence-corrected chi connectivity index (χ1v) is 6.30. The van der Waals surface area contributed by atoms with Crippen LogP contribution in [0.2, 0.25) is 0 Å². The first-order valence-electron chi connectivity index (χ1n) is 6.30. The number of ether oxygens (including phenoxy) is 2. The van der Waals surface area contributed by atoms with Crippen molar-refractivity contribution in [3.05, 3.63) is 41.6 Å². The number of hydrogen-bond acceptors (Lipinski definition) is 6. The number of aromatic nitrogens is 1. The highest BCUT2D eigenvalue weighted by Crippen LogP contribution is 2.25. The highest BCUT2D eigenvalue weighted by atomic mass is 16.5. The van der Waals surface area contributed by atoms with E-state index in [9.17, 15) is 4.79 Å². The number of aryl methyl sites for hydroxylation is 1. The normalized spacial score (nSPS) is 10.0. The Bertz CT molecular complexity index is 671. The summed E-state index contributed by atoms with van der Waals surface area (Å²) in [6.07, 6.45) is 1.42. The van der Waals surface area contributed by atoms with Gasteiger partial charge in [-0.1, -0.05) is 0 Å². The molecule has 1 heterocycles. The molecule has 0 saturated carbocycles. The van der Waals surface area contributed by atoms with Crippen LogP contribution in [0.5, 0.6) is 5.75 Å². The van der Waals surface area contributed by atoms with E-state index in [2.05, 4.69) is 15.0 Å². The maximum Gasteiger partial charge on any atom is 0.340 e. The van der Waals surface area contributed by atoms with Gasteiger partial charge in [0.25, 0.3) is 0 Å². The average Bonchev–Trinajstić information content (AvgIpc) is 2.50. The first kappa shape index (κ1) is 14.6. The molecule has 0 atom stereocenters. The molecule has 6 nitrogen and oxygen atoms in total. The maximum absolute atomic E-state index is 11.6. The van der Waals surface area contributed by atoms with E-state index in [1.807, 2.05) is 25.1 Å². The number of nitrogens with one attached hydrogen (secondary N) is 1. The predicted molar refractivity (Wildman–Crippen MR) is 81.0 cm³/mol. The highest BCUT2D eigenvalue weighted by molar-refractivity contribution is 5.95. The van der Waals surface area contributed by atoms with Crippen LogP contribution in [0.25, 0.3) is 0 Å². The van der Waals surface area contributed by atoms with Crippen LogP contribution in [-0.2, 0) is 4.74 Å². The lowest BCUT2D eigenvalue weighted by atomic mass is 10.2. The van der Waals surface area contributed by atoms with Crippen LogP contribution in [0, 0.1) is 6.92 Å². The second-order valence-corrected chi connectivity index (χ2v) is 4.45. The largest absolute Gasteiger partial charge is 0.497 e. The number of anilines is 3. The summed E-state index contributed by atoms with van der Waals surface area (Å²) in [6.45, 7) is 1.95. The van der Waals surface area contributed by atoms with E-state index in [-0.39, 0.29) is 11.3 Å². The van der Waals surface area contributed by atoms with Gasteiger partial charge in [-0.25, -0.2) is 9.78 Å². The molecule has 21 heavy (non-hydrogen) atoms. The van der Waals surface area contributed by atoms with Crippen LogP contribution in [0.1, 0.15) is 15.9 Å². The van der Waals surface area contributed by atoms with Gasteiger partial charge in [0.2, 0.25) is 0 Å². The van der Waals surface area contributed by atoms with Crippen LogP contribution in [0.3, 0.4) is 0 Å². The van der Waals surface area contributed by atoms with Crippen molar-refractivity contribution in [1.29, 1.82) is 0 Å². The molecular formula is C15H17N3O3. The fourth-order valence-electron chi connectivity index (χ4n) is 1.86. The Morgan fingerprint density at radius 1 is 1.29 bits per heavy atom. The molecule has 3 N–H and O–H groups in total. The summed E-state index contributed by atoms with van der Waals surface area (Å²) in [5, 5.41) is 3.14. The van der Waals surface area contributed by atoms with Crippen LogP contribution in [0.4, 0.5) is 17.2 Å². The lowest BCUT2D eigenvalue weighted by Gasteiger charge is -2.11. The molecule has 0 amide bonds. The molecule has 1 aromatic carbocycles. The Labute approximate surface area is 122 Å². The third kappa shape index (κ3) is 3.22. The maximum atomic E-state index is 11.6. The van der Waals surface area contributed by atoms with E-state index in [1.165, 1.54) is 13.3 Å². The number of carbonyl (C=O) groups is 1. The number of pyridine rings is 1. The van der Waals surface area contributed by atoms with Crippen LogP contribution >= 0.6 is 0 Å². The molecule has 1 aromatic heterocycles. The molecule has 0 radical (unpaired) electrons. The van der Waals surface area contributed by atoms with Crippen molar-refractivity contribution in [3.63, 3.8) is 0 Å². The molecule has 0 aliphatic heterocycles. The van der Waals surface area contributed by atoms with E-state index in [1.54, 1.807) is 13.2 Å². The molecule has 0 spiro atoms. The van der Waals surface area contributed by atoms with Gasteiger partial charge in [0.15, 0.2) is 0 Å². The van der Waals surface area contributed by atoms with Gasteiger partial charge >= 0.3 is 5.97 Å². The third-order valence-electron chi connectivity index (χ3n) is 3.04. The second kappa shape index (κ2) is 6.13. The van der Waals surface area contributed by atoms with Crippen molar-refractivity contribution in [2.75, 3.05) is 25.3 Å². The molecule has 110 valence electrons. The molecule has 0 fully saturated rings. The summed E-state index contributed by atoms with van der Waals surface area (Å²) in [6, 6.07) is 7.18. The van der Waals surface area contributed by atoms with E-state index in [0.717, 1.165) is 17.0 Å². The lowest BCUT2D eigenvalue weighted by molar-refractivity contribution is 0.0602. The predicted octanol–water partition coefficient (Wildman–Crippen LogP) is 2.51. The van der Waals surface area contributed by atoms with Gasteiger partial charge in [0.05, 0.1) is 31.7 Å². The van der Waals surface area contributed by atoms with Crippen molar-refractivity contribution < 1.29 is 14.3 Å². The van der Waals surface area contributed by atoms with Crippen molar-refractivity contribution >= 4 is 23.2 Å². The fraction of sp³-hybridized carbons (Fsp3) is 0.200. The number of nitrogen functional groups attached to an aromatic ring is 1. The Balaban J connectivity index is 2.30. The van der Waals surface area contributed by atoms with Crippen LogP contribution < -0.4 is 15.8 Å². The van der Waals surface area contributed by atoms with Gasteiger partial charge < -0.3 is 20.5 Å². The van der Waals surface area contributed by atoms with Crippen molar-refractivity contribution in [3.8, 4) is 5.75 Å². The minimum Gasteiger partial charge on any atom is -0.497 e. The van der Waals surface area contributed by atoms with E-state index < -0.39 is 5.97 Å². The Kier molecular flexibility index (Phi) is 4.27.